The number of aryl methyl sites for hydroxylation is 1. The van der Waals surface area contributed by atoms with Gasteiger partial charge in [0.2, 0.25) is 5.91 Å². The molecule has 112 valence electrons. The molecule has 0 bridgehead atoms. The van der Waals surface area contributed by atoms with E-state index in [0.29, 0.717) is 32.1 Å². The number of carbonyl (C=O) groups is 1. The summed E-state index contributed by atoms with van der Waals surface area (Å²) >= 11 is 0. The van der Waals surface area contributed by atoms with Crippen molar-refractivity contribution in [3.05, 3.63) is 22.5 Å². The highest BCUT2D eigenvalue weighted by Crippen LogP contribution is 2.09. The van der Waals surface area contributed by atoms with E-state index in [-0.39, 0.29) is 24.0 Å². The molecule has 1 N–H and O–H groups in total. The Morgan fingerprint density at radius 3 is 3.00 bits per heavy atom. The lowest BCUT2D eigenvalue weighted by Crippen LogP contribution is -2.51. The van der Waals surface area contributed by atoms with Crippen LogP contribution in [0.5, 0.6) is 0 Å². The van der Waals surface area contributed by atoms with Gasteiger partial charge in [0, 0.05) is 38.6 Å². The molecular weight excluding hydrogens is 286 g/mol. The summed E-state index contributed by atoms with van der Waals surface area (Å²) in [7, 11) is 0. The lowest BCUT2D eigenvalue weighted by atomic mass is 10.2. The van der Waals surface area contributed by atoms with Crippen molar-refractivity contribution in [3.63, 3.8) is 0 Å². The van der Waals surface area contributed by atoms with E-state index in [4.69, 9.17) is 0 Å². The SMILES string of the molecule is CC1CN(C(=O)CCn2cc([N+](=O)[O-])cn2)CCN1.Cl. The Morgan fingerprint density at radius 1 is 1.65 bits per heavy atom. The highest BCUT2D eigenvalue weighted by atomic mass is 35.5. The number of nitro groups is 1. The molecule has 1 aliphatic rings. The zero-order valence-electron chi connectivity index (χ0n) is 11.2. The van der Waals surface area contributed by atoms with Crippen LogP contribution in [0.25, 0.3) is 0 Å². The van der Waals surface area contributed by atoms with Crippen LogP contribution in [-0.4, -0.2) is 51.2 Å². The second-order valence-electron chi connectivity index (χ2n) is 4.66. The largest absolute Gasteiger partial charge is 0.340 e. The monoisotopic (exact) mass is 303 g/mol. The number of halogens is 1. The maximum Gasteiger partial charge on any atom is 0.306 e. The Hall–Kier alpha value is -1.67. The van der Waals surface area contributed by atoms with E-state index in [1.165, 1.54) is 17.1 Å². The number of carbonyl (C=O) groups excluding carboxylic acids is 1. The van der Waals surface area contributed by atoms with E-state index in [0.717, 1.165) is 6.54 Å². The second-order valence-corrected chi connectivity index (χ2v) is 4.66. The number of piperazine rings is 1. The van der Waals surface area contributed by atoms with E-state index in [9.17, 15) is 14.9 Å². The molecule has 1 aliphatic heterocycles. The van der Waals surface area contributed by atoms with Crippen LogP contribution in [0.15, 0.2) is 12.4 Å². The lowest BCUT2D eigenvalue weighted by molar-refractivity contribution is -0.385. The van der Waals surface area contributed by atoms with Crippen LogP contribution in [0.2, 0.25) is 0 Å². The number of hydrogen-bond donors (Lipinski definition) is 1. The lowest BCUT2D eigenvalue weighted by Gasteiger charge is -2.31. The first-order chi connectivity index (χ1) is 9.06. The van der Waals surface area contributed by atoms with Gasteiger partial charge in [-0.25, -0.2) is 0 Å². The van der Waals surface area contributed by atoms with Gasteiger partial charge in [0.15, 0.2) is 0 Å². The van der Waals surface area contributed by atoms with Gasteiger partial charge in [-0.3, -0.25) is 19.6 Å². The molecule has 0 aromatic carbocycles. The van der Waals surface area contributed by atoms with Crippen LogP contribution in [0, 0.1) is 10.1 Å². The highest BCUT2D eigenvalue weighted by Gasteiger charge is 2.20. The van der Waals surface area contributed by atoms with Gasteiger partial charge >= 0.3 is 5.69 Å². The molecule has 0 saturated carbocycles. The van der Waals surface area contributed by atoms with E-state index >= 15 is 0 Å². The van der Waals surface area contributed by atoms with Crippen molar-refractivity contribution in [1.29, 1.82) is 0 Å². The third-order valence-corrected chi connectivity index (χ3v) is 3.11. The summed E-state index contributed by atoms with van der Waals surface area (Å²) in [6.45, 7) is 4.63. The van der Waals surface area contributed by atoms with Crippen molar-refractivity contribution in [2.75, 3.05) is 19.6 Å². The average Bonchev–Trinajstić information content (AvgIpc) is 2.85. The average molecular weight is 304 g/mol. The van der Waals surface area contributed by atoms with Crippen LogP contribution in [0.4, 0.5) is 5.69 Å². The van der Waals surface area contributed by atoms with Gasteiger partial charge in [-0.15, -0.1) is 12.4 Å². The maximum absolute atomic E-state index is 12.0. The molecule has 1 unspecified atom stereocenters. The summed E-state index contributed by atoms with van der Waals surface area (Å²) in [6.07, 6.45) is 2.84. The summed E-state index contributed by atoms with van der Waals surface area (Å²) in [5.41, 5.74) is -0.0526. The fourth-order valence-electron chi connectivity index (χ4n) is 2.10. The minimum Gasteiger partial charge on any atom is -0.340 e. The number of rotatable bonds is 4. The summed E-state index contributed by atoms with van der Waals surface area (Å²) in [5.74, 6) is 0.0616. The van der Waals surface area contributed by atoms with Gasteiger partial charge in [0.1, 0.15) is 12.4 Å². The van der Waals surface area contributed by atoms with Gasteiger partial charge in [0.25, 0.3) is 0 Å². The minimum absolute atomic E-state index is 0. The number of hydrogen-bond acceptors (Lipinski definition) is 5. The van der Waals surface area contributed by atoms with Crippen molar-refractivity contribution in [3.8, 4) is 0 Å². The highest BCUT2D eigenvalue weighted by molar-refractivity contribution is 5.85. The minimum atomic E-state index is -0.497. The third kappa shape index (κ3) is 4.17. The van der Waals surface area contributed by atoms with Crippen molar-refractivity contribution in [2.45, 2.75) is 25.9 Å². The van der Waals surface area contributed by atoms with Crippen molar-refractivity contribution in [1.82, 2.24) is 20.0 Å². The van der Waals surface area contributed by atoms with Crippen LogP contribution >= 0.6 is 12.4 Å². The van der Waals surface area contributed by atoms with E-state index in [1.54, 1.807) is 0 Å². The molecule has 9 heteroatoms. The molecule has 1 fully saturated rings. The normalized spacial score (nSPS) is 18.4. The topological polar surface area (TPSA) is 93.3 Å². The fraction of sp³-hybridized carbons (Fsp3) is 0.636. The second kappa shape index (κ2) is 7.20. The van der Waals surface area contributed by atoms with Crippen LogP contribution in [0.3, 0.4) is 0 Å². The van der Waals surface area contributed by atoms with Gasteiger partial charge < -0.3 is 10.2 Å². The van der Waals surface area contributed by atoms with Crippen LogP contribution in [0.1, 0.15) is 13.3 Å². The Bertz CT molecular complexity index is 478. The molecule has 2 rings (SSSR count). The molecular formula is C11H18ClN5O3. The van der Waals surface area contributed by atoms with E-state index in [2.05, 4.69) is 10.4 Å². The Balaban J connectivity index is 0.00000200. The molecule has 1 aromatic heterocycles. The Labute approximate surface area is 122 Å². The van der Waals surface area contributed by atoms with Gasteiger partial charge in [0.05, 0.1) is 4.92 Å². The molecule has 1 saturated heterocycles. The molecule has 0 spiro atoms. The van der Waals surface area contributed by atoms with Gasteiger partial charge in [-0.2, -0.15) is 5.10 Å². The Kier molecular flexibility index (Phi) is 5.90. The van der Waals surface area contributed by atoms with E-state index in [1.807, 2.05) is 11.8 Å². The summed E-state index contributed by atoms with van der Waals surface area (Å²) in [5, 5.41) is 17.6. The molecule has 1 amide bonds. The molecule has 2 heterocycles. The van der Waals surface area contributed by atoms with Crippen LogP contribution < -0.4 is 5.32 Å². The summed E-state index contributed by atoms with van der Waals surface area (Å²) < 4.78 is 1.43. The van der Waals surface area contributed by atoms with Gasteiger partial charge in [-0.05, 0) is 6.92 Å². The molecule has 0 aliphatic carbocycles. The summed E-state index contributed by atoms with van der Waals surface area (Å²) in [6, 6.07) is 0.309. The van der Waals surface area contributed by atoms with Crippen molar-refractivity contribution in [2.24, 2.45) is 0 Å². The first-order valence-electron chi connectivity index (χ1n) is 6.24. The molecule has 0 radical (unpaired) electrons. The number of aromatic nitrogens is 2. The number of nitrogens with zero attached hydrogens (tertiary/aromatic N) is 4. The molecule has 8 nitrogen and oxygen atoms in total. The maximum atomic E-state index is 12.0. The predicted octanol–water partition coefficient (Wildman–Crippen LogP) is 0.423. The zero-order valence-corrected chi connectivity index (χ0v) is 12.0. The fourth-order valence-corrected chi connectivity index (χ4v) is 2.10. The smallest absolute Gasteiger partial charge is 0.306 e. The quantitative estimate of drug-likeness (QED) is 0.643. The van der Waals surface area contributed by atoms with Crippen molar-refractivity contribution < 1.29 is 9.72 Å². The molecule has 20 heavy (non-hydrogen) atoms. The zero-order chi connectivity index (χ0) is 13.8. The van der Waals surface area contributed by atoms with Crippen LogP contribution in [-0.2, 0) is 11.3 Å². The predicted molar refractivity (Wildman–Crippen MR) is 74.8 cm³/mol. The first-order valence-corrected chi connectivity index (χ1v) is 6.24. The van der Waals surface area contributed by atoms with Gasteiger partial charge in [-0.1, -0.05) is 0 Å². The molecule has 1 aromatic rings. The van der Waals surface area contributed by atoms with Crippen molar-refractivity contribution >= 4 is 24.0 Å². The molecule has 1 atom stereocenters. The summed E-state index contributed by atoms with van der Waals surface area (Å²) in [4.78, 5) is 23.8. The van der Waals surface area contributed by atoms with E-state index < -0.39 is 4.92 Å². The number of amides is 1. The first kappa shape index (κ1) is 16.4. The number of nitrogens with one attached hydrogen (secondary N) is 1. The Morgan fingerprint density at radius 2 is 2.40 bits per heavy atom. The third-order valence-electron chi connectivity index (χ3n) is 3.11. The standard InChI is InChI=1S/C11H17N5O3.ClH/c1-9-7-14(5-3-12-9)11(17)2-4-15-8-10(6-13-15)16(18)19;/h6,8-9,12H,2-5,7H2,1H3;1H.